The molecule has 6 nitrogen and oxygen atoms in total. The second kappa shape index (κ2) is 8.75. The van der Waals surface area contributed by atoms with Gasteiger partial charge in [0.1, 0.15) is 5.00 Å². The van der Waals surface area contributed by atoms with Gasteiger partial charge in [0.2, 0.25) is 0 Å². The summed E-state index contributed by atoms with van der Waals surface area (Å²) < 4.78 is 9.94. The maximum atomic E-state index is 12.3. The Hall–Kier alpha value is -2.38. The Kier molecular flexibility index (Phi) is 6.36. The summed E-state index contributed by atoms with van der Waals surface area (Å²) in [6.45, 7) is 1.68. The lowest BCUT2D eigenvalue weighted by Gasteiger charge is -2.18. The van der Waals surface area contributed by atoms with E-state index in [0.717, 1.165) is 29.7 Å². The van der Waals surface area contributed by atoms with Crippen molar-refractivity contribution in [3.05, 3.63) is 50.9 Å². The Morgan fingerprint density at radius 3 is 2.71 bits per heavy atom. The number of rotatable bonds is 5. The SMILES string of the molecule is COC(=O)c1c(NC(=O)COC(=O)c2ccccc2Cl)sc2c1CCC(C)C2. The van der Waals surface area contributed by atoms with Crippen LogP contribution in [0.25, 0.3) is 0 Å². The lowest BCUT2D eigenvalue weighted by molar-refractivity contribution is -0.119. The average molecular weight is 422 g/mol. The van der Waals surface area contributed by atoms with Crippen LogP contribution < -0.4 is 5.32 Å². The first-order chi connectivity index (χ1) is 13.4. The molecule has 0 spiro atoms. The molecule has 2 aromatic rings. The molecule has 3 rings (SSSR count). The molecule has 0 fully saturated rings. The van der Waals surface area contributed by atoms with Gasteiger partial charge in [-0.15, -0.1) is 11.3 Å². The Morgan fingerprint density at radius 2 is 2.00 bits per heavy atom. The molecule has 1 N–H and O–H groups in total. The maximum Gasteiger partial charge on any atom is 0.341 e. The number of anilines is 1. The Morgan fingerprint density at radius 1 is 1.25 bits per heavy atom. The first-order valence-corrected chi connectivity index (χ1v) is 10.0. The van der Waals surface area contributed by atoms with Crippen molar-refractivity contribution in [2.45, 2.75) is 26.2 Å². The molecule has 1 heterocycles. The van der Waals surface area contributed by atoms with Gasteiger partial charge in [-0.05, 0) is 42.9 Å². The van der Waals surface area contributed by atoms with E-state index in [2.05, 4.69) is 12.2 Å². The highest BCUT2D eigenvalue weighted by atomic mass is 35.5. The number of ether oxygens (including phenoxy) is 2. The number of hydrogen-bond donors (Lipinski definition) is 1. The van der Waals surface area contributed by atoms with Crippen LogP contribution in [0.5, 0.6) is 0 Å². The summed E-state index contributed by atoms with van der Waals surface area (Å²) in [4.78, 5) is 37.7. The number of benzene rings is 1. The van der Waals surface area contributed by atoms with Gasteiger partial charge < -0.3 is 14.8 Å². The lowest BCUT2D eigenvalue weighted by atomic mass is 9.88. The van der Waals surface area contributed by atoms with E-state index in [1.165, 1.54) is 24.5 Å². The largest absolute Gasteiger partial charge is 0.465 e. The predicted molar refractivity (Wildman–Crippen MR) is 107 cm³/mol. The predicted octanol–water partition coefficient (Wildman–Crippen LogP) is 4.11. The van der Waals surface area contributed by atoms with Gasteiger partial charge >= 0.3 is 11.9 Å². The van der Waals surface area contributed by atoms with Crippen LogP contribution in [0.1, 0.15) is 44.5 Å². The van der Waals surface area contributed by atoms with Gasteiger partial charge in [0.05, 0.1) is 23.3 Å². The van der Waals surface area contributed by atoms with Crippen molar-refractivity contribution in [2.24, 2.45) is 5.92 Å². The highest BCUT2D eigenvalue weighted by molar-refractivity contribution is 7.17. The number of carbonyl (C=O) groups is 3. The van der Waals surface area contributed by atoms with E-state index < -0.39 is 24.5 Å². The zero-order valence-electron chi connectivity index (χ0n) is 15.5. The number of thiophene rings is 1. The van der Waals surface area contributed by atoms with Gasteiger partial charge in [-0.3, -0.25) is 4.79 Å². The van der Waals surface area contributed by atoms with E-state index in [9.17, 15) is 14.4 Å². The number of amides is 1. The molecule has 28 heavy (non-hydrogen) atoms. The molecule has 1 aliphatic carbocycles. The minimum atomic E-state index is -0.687. The number of carbonyl (C=O) groups excluding carboxylic acids is 3. The highest BCUT2D eigenvalue weighted by Crippen LogP contribution is 2.40. The van der Waals surface area contributed by atoms with Crippen molar-refractivity contribution in [1.29, 1.82) is 0 Å². The Labute approximate surface area is 171 Å². The Bertz CT molecular complexity index is 923. The van der Waals surface area contributed by atoms with Crippen LogP contribution in [-0.4, -0.2) is 31.6 Å². The van der Waals surface area contributed by atoms with Crippen molar-refractivity contribution in [1.82, 2.24) is 0 Å². The normalized spacial score (nSPS) is 15.5. The van der Waals surface area contributed by atoms with E-state index in [1.54, 1.807) is 18.2 Å². The summed E-state index contributed by atoms with van der Waals surface area (Å²) in [5.74, 6) is -1.17. The van der Waals surface area contributed by atoms with E-state index >= 15 is 0 Å². The first kappa shape index (κ1) is 20.4. The van der Waals surface area contributed by atoms with Crippen molar-refractivity contribution in [3.63, 3.8) is 0 Å². The smallest absolute Gasteiger partial charge is 0.341 e. The molecule has 1 aromatic carbocycles. The van der Waals surface area contributed by atoms with Crippen LogP contribution in [0, 0.1) is 5.92 Å². The van der Waals surface area contributed by atoms with Gasteiger partial charge in [0.25, 0.3) is 5.91 Å². The van der Waals surface area contributed by atoms with Gasteiger partial charge in [0, 0.05) is 4.88 Å². The molecule has 148 valence electrons. The second-order valence-electron chi connectivity index (χ2n) is 6.65. The quantitative estimate of drug-likeness (QED) is 0.735. The fourth-order valence-corrected chi connectivity index (χ4v) is 4.78. The summed E-state index contributed by atoms with van der Waals surface area (Å²) in [7, 11) is 1.31. The van der Waals surface area contributed by atoms with Crippen LogP contribution in [0.15, 0.2) is 24.3 Å². The first-order valence-electron chi connectivity index (χ1n) is 8.85. The molecule has 0 radical (unpaired) electrons. The number of nitrogens with one attached hydrogen (secondary N) is 1. The van der Waals surface area contributed by atoms with Crippen LogP contribution in [0.2, 0.25) is 5.02 Å². The minimum absolute atomic E-state index is 0.188. The number of methoxy groups -OCH3 is 1. The third-order valence-electron chi connectivity index (χ3n) is 4.58. The molecule has 1 aliphatic rings. The van der Waals surface area contributed by atoms with Crippen LogP contribution in [0.3, 0.4) is 0 Å². The number of hydrogen-bond acceptors (Lipinski definition) is 6. The second-order valence-corrected chi connectivity index (χ2v) is 8.16. The van der Waals surface area contributed by atoms with Crippen molar-refractivity contribution < 1.29 is 23.9 Å². The van der Waals surface area contributed by atoms with Crippen LogP contribution >= 0.6 is 22.9 Å². The average Bonchev–Trinajstić information content (AvgIpc) is 3.02. The molecule has 0 bridgehead atoms. The van der Waals surface area contributed by atoms with E-state index in [-0.39, 0.29) is 10.6 Å². The molecule has 1 amide bonds. The van der Waals surface area contributed by atoms with E-state index in [4.69, 9.17) is 21.1 Å². The standard InChI is InChI=1S/C20H20ClNO5S/c1-11-7-8-13-15(9-11)28-18(17(13)20(25)26-2)22-16(23)10-27-19(24)12-5-3-4-6-14(12)21/h3-6,11H,7-10H2,1-2H3,(H,22,23). The summed E-state index contributed by atoms with van der Waals surface area (Å²) in [6.07, 6.45) is 2.62. The van der Waals surface area contributed by atoms with Gasteiger partial charge in [0.15, 0.2) is 6.61 Å². The van der Waals surface area contributed by atoms with Gasteiger partial charge in [-0.25, -0.2) is 9.59 Å². The third kappa shape index (κ3) is 4.36. The van der Waals surface area contributed by atoms with E-state index in [0.29, 0.717) is 16.5 Å². The summed E-state index contributed by atoms with van der Waals surface area (Å²) in [6, 6.07) is 6.44. The number of fused-ring (bicyclic) bond motifs is 1. The molecule has 0 aliphatic heterocycles. The molecule has 1 aromatic heterocycles. The van der Waals surface area contributed by atoms with Crippen LogP contribution in [0.4, 0.5) is 5.00 Å². The molecule has 1 atom stereocenters. The fourth-order valence-electron chi connectivity index (χ4n) is 3.16. The molecule has 0 saturated carbocycles. The lowest BCUT2D eigenvalue weighted by Crippen LogP contribution is -2.22. The molecular weight excluding hydrogens is 402 g/mol. The maximum absolute atomic E-state index is 12.3. The molecular formula is C20H20ClNO5S. The Balaban J connectivity index is 1.71. The molecule has 0 saturated heterocycles. The zero-order valence-corrected chi connectivity index (χ0v) is 17.1. The molecule has 8 heteroatoms. The molecule has 1 unspecified atom stereocenters. The number of esters is 2. The van der Waals surface area contributed by atoms with E-state index in [1.807, 2.05) is 0 Å². The number of halogens is 1. The third-order valence-corrected chi connectivity index (χ3v) is 6.08. The zero-order chi connectivity index (χ0) is 20.3. The topological polar surface area (TPSA) is 81.7 Å². The van der Waals surface area contributed by atoms with Crippen molar-refractivity contribution in [3.8, 4) is 0 Å². The summed E-state index contributed by atoms with van der Waals surface area (Å²) in [5.41, 5.74) is 1.53. The van der Waals surface area contributed by atoms with Crippen molar-refractivity contribution >= 4 is 45.8 Å². The van der Waals surface area contributed by atoms with Gasteiger partial charge in [-0.2, -0.15) is 0 Å². The van der Waals surface area contributed by atoms with Gasteiger partial charge in [-0.1, -0.05) is 30.7 Å². The minimum Gasteiger partial charge on any atom is -0.465 e. The van der Waals surface area contributed by atoms with Crippen LogP contribution in [-0.2, 0) is 27.1 Å². The fraction of sp³-hybridized carbons (Fsp3) is 0.350. The summed E-state index contributed by atoms with van der Waals surface area (Å²) in [5, 5.41) is 3.37. The highest BCUT2D eigenvalue weighted by Gasteiger charge is 2.29. The van der Waals surface area contributed by atoms with Crippen molar-refractivity contribution in [2.75, 3.05) is 19.0 Å². The summed E-state index contributed by atoms with van der Waals surface area (Å²) >= 11 is 7.33. The monoisotopic (exact) mass is 421 g/mol.